The van der Waals surface area contributed by atoms with Gasteiger partial charge in [-0.25, -0.2) is 0 Å². The first kappa shape index (κ1) is 9.54. The van der Waals surface area contributed by atoms with Crippen LogP contribution >= 0.6 is 0 Å². The van der Waals surface area contributed by atoms with Gasteiger partial charge in [0.05, 0.1) is 0 Å². The molecule has 0 radical (unpaired) electrons. The van der Waals surface area contributed by atoms with E-state index in [1.54, 1.807) is 0 Å². The van der Waals surface area contributed by atoms with Crippen molar-refractivity contribution in [2.45, 2.75) is 0 Å². The maximum Gasteiger partial charge on any atom is 0.347 e. The van der Waals surface area contributed by atoms with Crippen molar-refractivity contribution in [3.05, 3.63) is 0 Å². The zero-order valence-corrected chi connectivity index (χ0v) is 7.58. The third-order valence-electron chi connectivity index (χ3n) is 1.93. The van der Waals surface area contributed by atoms with Gasteiger partial charge in [-0.05, 0) is 0 Å². The number of aromatic nitrogens is 2. The molecule has 0 unspecified atom stereocenters. The van der Waals surface area contributed by atoms with Gasteiger partial charge in [0, 0.05) is 0 Å². The van der Waals surface area contributed by atoms with Crippen molar-refractivity contribution in [2.24, 2.45) is 28.3 Å². The van der Waals surface area contributed by atoms with Crippen molar-refractivity contribution in [1.82, 2.24) is 14.7 Å². The van der Waals surface area contributed by atoms with Crippen molar-refractivity contribution in [2.75, 3.05) is 5.73 Å². The van der Waals surface area contributed by atoms with E-state index < -0.39 is 4.70 Å². The van der Waals surface area contributed by atoms with Gasteiger partial charge in [0.25, 0.3) is 5.69 Å². The Morgan fingerprint density at radius 3 is 2.40 bits per heavy atom. The molecule has 1 aliphatic rings. The summed E-state index contributed by atoms with van der Waals surface area (Å²) in [7, 11) is 0. The summed E-state index contributed by atoms with van der Waals surface area (Å²) >= 11 is 0. The highest BCUT2D eigenvalue weighted by Crippen LogP contribution is 2.39. The highest BCUT2D eigenvalue weighted by molar-refractivity contribution is 5.99. The number of quaternary nitrogens is 1. The first-order valence-electron chi connectivity index (χ1n) is 3.82. The molecule has 0 bridgehead atoms. The van der Waals surface area contributed by atoms with E-state index in [9.17, 15) is 0 Å². The van der Waals surface area contributed by atoms with Gasteiger partial charge in [-0.15, -0.1) is 16.7 Å². The van der Waals surface area contributed by atoms with E-state index in [0.717, 1.165) is 0 Å². The van der Waals surface area contributed by atoms with Gasteiger partial charge in [0.15, 0.2) is 0 Å². The van der Waals surface area contributed by atoms with Crippen LogP contribution in [0.5, 0.6) is 5.88 Å². The molecule has 0 fully saturated rings. The van der Waals surface area contributed by atoms with Crippen LogP contribution in [-0.4, -0.2) is 15.9 Å². The second-order valence-corrected chi connectivity index (χ2v) is 2.92. The lowest BCUT2D eigenvalue weighted by Crippen LogP contribution is -2.67. The minimum atomic E-state index is -0.803. The Bertz CT molecular complexity index is 452. The molecule has 1 aliphatic heterocycles. The molecule has 1 aromatic heterocycles. The van der Waals surface area contributed by atoms with E-state index in [0.29, 0.717) is 0 Å². The highest BCUT2D eigenvalue weighted by atomic mass is 16.6. The largest absolute Gasteiger partial charge is 0.384 e. The Kier molecular flexibility index (Phi) is 1.74. The van der Waals surface area contributed by atoms with E-state index in [1.807, 2.05) is 0 Å². The molecule has 0 saturated heterocycles. The predicted octanol–water partition coefficient (Wildman–Crippen LogP) is -2.67. The van der Waals surface area contributed by atoms with Crippen molar-refractivity contribution >= 4 is 23.4 Å². The van der Waals surface area contributed by atoms with Gasteiger partial charge >= 0.3 is 11.8 Å². The number of nitrogens with two attached hydrogens (primary N) is 5. The molecule has 0 aliphatic carbocycles. The van der Waals surface area contributed by atoms with Crippen molar-refractivity contribution in [3.63, 3.8) is 0 Å². The number of nitrogen functional groups attached to an aromatic ring is 1. The molecule has 1 aromatic rings. The monoisotopic (exact) mass is 212 g/mol. The summed E-state index contributed by atoms with van der Waals surface area (Å²) in [5.74, 6) is 16.3. The molecule has 0 amide bonds. The molecule has 10 nitrogen and oxygen atoms in total. The summed E-state index contributed by atoms with van der Waals surface area (Å²) in [5, 5.41) is 0. The first-order valence-corrected chi connectivity index (χ1v) is 3.82. The average Bonchev–Trinajstić information content (AvgIpc) is 2.36. The van der Waals surface area contributed by atoms with Crippen LogP contribution in [0, 0.1) is 0 Å². The summed E-state index contributed by atoms with van der Waals surface area (Å²) in [6.45, 7) is 0. The van der Waals surface area contributed by atoms with Gasteiger partial charge in [-0.3, -0.25) is 0 Å². The topological polar surface area (TPSA) is 177 Å². The van der Waals surface area contributed by atoms with Crippen LogP contribution in [0.25, 0.3) is 0 Å². The number of fused-ring (bicyclic) bond motifs is 1. The van der Waals surface area contributed by atoms with E-state index >= 15 is 0 Å². The summed E-state index contributed by atoms with van der Waals surface area (Å²) in [5.41, 5.74) is 11.0. The Balaban J connectivity index is 2.71. The third-order valence-corrected chi connectivity index (χ3v) is 1.93. The summed E-state index contributed by atoms with van der Waals surface area (Å²) in [6.07, 6.45) is 0. The van der Waals surface area contributed by atoms with E-state index in [2.05, 4.69) is 19.8 Å². The lowest BCUT2D eigenvalue weighted by atomic mass is 10.4. The Morgan fingerprint density at radius 1 is 1.13 bits per heavy atom. The Hall–Kier alpha value is -2.01. The predicted molar refractivity (Wildman–Crippen MR) is 52.7 cm³/mol. The smallest absolute Gasteiger partial charge is 0.347 e. The maximum absolute atomic E-state index is 5.66. The fourth-order valence-electron chi connectivity index (χ4n) is 1.23. The van der Waals surface area contributed by atoms with E-state index in [4.69, 9.17) is 29.0 Å². The normalized spacial score (nSPS) is 17.1. The Morgan fingerprint density at radius 2 is 1.80 bits per heavy atom. The molecule has 0 spiro atoms. The van der Waals surface area contributed by atoms with E-state index in [1.165, 1.54) is 0 Å². The molecule has 2 rings (SSSR count). The molecule has 10 heteroatoms. The van der Waals surface area contributed by atoms with Gasteiger partial charge in [-0.2, -0.15) is 15.9 Å². The lowest BCUT2D eigenvalue weighted by molar-refractivity contribution is 0.309. The zero-order chi connectivity index (χ0) is 11.2. The van der Waals surface area contributed by atoms with Crippen LogP contribution in [0.15, 0.2) is 4.99 Å². The number of nitrogens with zero attached hydrogens (tertiary/aromatic N) is 4. The maximum atomic E-state index is 5.66. The van der Waals surface area contributed by atoms with Crippen LogP contribution in [-0.2, 0) is 0 Å². The van der Waals surface area contributed by atoms with Gasteiger partial charge in [-0.1, -0.05) is 4.70 Å². The van der Waals surface area contributed by atoms with Crippen molar-refractivity contribution < 1.29 is 4.84 Å². The van der Waals surface area contributed by atoms with Crippen LogP contribution < -0.4 is 38.6 Å². The second kappa shape index (κ2) is 2.74. The van der Waals surface area contributed by atoms with Crippen LogP contribution in [0.3, 0.4) is 0 Å². The molecule has 2 heterocycles. The standard InChI is InChI=1S/C5H10N9O/c6-4-11-2-1(3(13-4)15-10)14(8,9)5(7)12-2/h8-10H2,(H4,6,7,11,12,13)/q+1. The summed E-state index contributed by atoms with van der Waals surface area (Å²) in [6, 6.07) is 0. The van der Waals surface area contributed by atoms with Gasteiger partial charge in [0.1, 0.15) is 0 Å². The van der Waals surface area contributed by atoms with Crippen LogP contribution in [0.2, 0.25) is 0 Å². The lowest BCUT2D eigenvalue weighted by Gasteiger charge is -2.19. The zero-order valence-electron chi connectivity index (χ0n) is 7.58. The molecule has 0 saturated carbocycles. The minimum Gasteiger partial charge on any atom is -0.384 e. The molecule has 80 valence electrons. The van der Waals surface area contributed by atoms with Gasteiger partial charge < -0.3 is 16.3 Å². The molecular weight excluding hydrogens is 202 g/mol. The number of aliphatic imine (C=N–C) groups is 1. The number of hydrogen-bond donors (Lipinski definition) is 5. The minimum absolute atomic E-state index is 0.0624. The Labute approximate surface area is 83.8 Å². The molecule has 10 N–H and O–H groups in total. The third kappa shape index (κ3) is 1.17. The van der Waals surface area contributed by atoms with Gasteiger partial charge in [0.2, 0.25) is 11.8 Å². The fourth-order valence-corrected chi connectivity index (χ4v) is 1.23. The molecule has 15 heavy (non-hydrogen) atoms. The number of anilines is 1. The van der Waals surface area contributed by atoms with Crippen LogP contribution in [0.4, 0.5) is 17.5 Å². The number of rotatable bonds is 1. The first-order chi connectivity index (χ1) is 6.96. The summed E-state index contributed by atoms with van der Waals surface area (Å²) in [4.78, 5) is 15.8. The highest BCUT2D eigenvalue weighted by Gasteiger charge is 2.43. The SMILES string of the molecule is NOc1nc(N)nc2c1[N+](N)(N)C(N)=N2. The van der Waals surface area contributed by atoms with Crippen molar-refractivity contribution in [1.29, 1.82) is 0 Å². The molecule has 0 atom stereocenters. The molecular formula is C5H10N9O+. The fraction of sp³-hybridized carbons (Fsp3) is 0. The van der Waals surface area contributed by atoms with E-state index in [-0.39, 0.29) is 29.3 Å². The number of guanidine groups is 1. The van der Waals surface area contributed by atoms with Crippen LogP contribution in [0.1, 0.15) is 0 Å². The second-order valence-electron chi connectivity index (χ2n) is 2.92. The summed E-state index contributed by atoms with van der Waals surface area (Å²) < 4.78 is -0.803. The average molecular weight is 212 g/mol. The number of hydrogen-bond acceptors (Lipinski definition) is 9. The molecule has 0 aromatic carbocycles. The van der Waals surface area contributed by atoms with Crippen molar-refractivity contribution in [3.8, 4) is 5.88 Å². The quantitative estimate of drug-likeness (QED) is 0.190.